The fourth-order valence-corrected chi connectivity index (χ4v) is 2.88. The Labute approximate surface area is 109 Å². The van der Waals surface area contributed by atoms with Crippen molar-refractivity contribution < 1.29 is 0 Å². The number of allylic oxidation sites excluding steroid dienone is 1. The van der Waals surface area contributed by atoms with Crippen LogP contribution in [0.25, 0.3) is 0 Å². The van der Waals surface area contributed by atoms with Gasteiger partial charge < -0.3 is 4.90 Å². The highest BCUT2D eigenvalue weighted by Crippen LogP contribution is 2.29. The highest BCUT2D eigenvalue weighted by Gasteiger charge is 2.22. The lowest BCUT2D eigenvalue weighted by Gasteiger charge is -2.34. The molecule has 1 fully saturated rings. The Kier molecular flexibility index (Phi) is 3.18. The Morgan fingerprint density at radius 2 is 1.83 bits per heavy atom. The first kappa shape index (κ1) is 11.5. The minimum Gasteiger partial charge on any atom is -0.373 e. The Morgan fingerprint density at radius 3 is 2.44 bits per heavy atom. The van der Waals surface area contributed by atoms with E-state index in [-0.39, 0.29) is 0 Å². The number of piperidine rings is 1. The molecule has 1 saturated heterocycles. The molecule has 3 rings (SSSR count). The number of nitrogens with zero attached hydrogens (tertiary/aromatic N) is 2. The maximum Gasteiger partial charge on any atom is 0.0788 e. The number of benzene rings is 1. The predicted octanol–water partition coefficient (Wildman–Crippen LogP) is 3.14. The SMILES string of the molecule is Cc1ccc(C2CCN(C3=CC=NC3)CC2)cc1. The van der Waals surface area contributed by atoms with E-state index in [0.29, 0.717) is 0 Å². The molecule has 2 heteroatoms. The zero-order chi connectivity index (χ0) is 12.4. The fraction of sp³-hybridized carbons (Fsp3) is 0.438. The van der Waals surface area contributed by atoms with Gasteiger partial charge in [-0.1, -0.05) is 29.8 Å². The molecule has 2 nitrogen and oxygen atoms in total. The van der Waals surface area contributed by atoms with E-state index in [1.165, 1.54) is 42.8 Å². The molecule has 2 aliphatic heterocycles. The largest absolute Gasteiger partial charge is 0.373 e. The lowest BCUT2D eigenvalue weighted by Crippen LogP contribution is -2.32. The first-order valence-electron chi connectivity index (χ1n) is 6.83. The first-order chi connectivity index (χ1) is 8.83. The molecular formula is C16H20N2. The van der Waals surface area contributed by atoms with Gasteiger partial charge in [-0.05, 0) is 37.3 Å². The van der Waals surface area contributed by atoms with Gasteiger partial charge in [0.1, 0.15) is 0 Å². The van der Waals surface area contributed by atoms with Crippen molar-refractivity contribution in [2.75, 3.05) is 19.6 Å². The molecule has 0 unspecified atom stereocenters. The maximum atomic E-state index is 4.27. The third kappa shape index (κ3) is 2.33. The lowest BCUT2D eigenvalue weighted by atomic mass is 9.89. The van der Waals surface area contributed by atoms with E-state index < -0.39 is 0 Å². The molecule has 0 bridgehead atoms. The Bertz CT molecular complexity index is 462. The molecule has 0 saturated carbocycles. The van der Waals surface area contributed by atoms with Crippen LogP contribution in [-0.2, 0) is 0 Å². The minimum absolute atomic E-state index is 0.741. The van der Waals surface area contributed by atoms with Gasteiger partial charge in [0.15, 0.2) is 0 Å². The average molecular weight is 240 g/mol. The van der Waals surface area contributed by atoms with Crippen molar-refractivity contribution in [3.05, 3.63) is 47.2 Å². The number of aliphatic imine (C=N–C) groups is 1. The molecule has 1 aromatic carbocycles. The summed E-state index contributed by atoms with van der Waals surface area (Å²) in [4.78, 5) is 6.77. The maximum absolute atomic E-state index is 4.27. The van der Waals surface area contributed by atoms with Crippen LogP contribution in [0, 0.1) is 6.92 Å². The van der Waals surface area contributed by atoms with Crippen LogP contribution in [-0.4, -0.2) is 30.7 Å². The van der Waals surface area contributed by atoms with Gasteiger partial charge in [0.2, 0.25) is 0 Å². The molecule has 0 amide bonds. The van der Waals surface area contributed by atoms with Crippen molar-refractivity contribution in [2.24, 2.45) is 4.99 Å². The molecule has 0 N–H and O–H groups in total. The Morgan fingerprint density at radius 1 is 1.11 bits per heavy atom. The number of likely N-dealkylation sites (tertiary alicyclic amines) is 1. The van der Waals surface area contributed by atoms with Crippen LogP contribution in [0.3, 0.4) is 0 Å². The summed E-state index contributed by atoms with van der Waals surface area (Å²) in [6.45, 7) is 5.38. The Hall–Kier alpha value is -1.57. The highest BCUT2D eigenvalue weighted by atomic mass is 15.2. The van der Waals surface area contributed by atoms with Gasteiger partial charge in [0.25, 0.3) is 0 Å². The van der Waals surface area contributed by atoms with Crippen molar-refractivity contribution in [3.8, 4) is 0 Å². The van der Waals surface area contributed by atoms with Gasteiger partial charge in [0, 0.05) is 25.0 Å². The van der Waals surface area contributed by atoms with Crippen molar-refractivity contribution in [1.82, 2.24) is 4.90 Å². The molecule has 1 aromatic rings. The summed E-state index contributed by atoms with van der Waals surface area (Å²) in [7, 11) is 0. The molecule has 0 radical (unpaired) electrons. The van der Waals surface area contributed by atoms with Crippen LogP contribution in [0.15, 0.2) is 41.0 Å². The number of hydrogen-bond acceptors (Lipinski definition) is 2. The first-order valence-corrected chi connectivity index (χ1v) is 6.83. The second kappa shape index (κ2) is 4.97. The second-order valence-corrected chi connectivity index (χ2v) is 5.32. The number of hydrogen-bond donors (Lipinski definition) is 0. The second-order valence-electron chi connectivity index (χ2n) is 5.32. The van der Waals surface area contributed by atoms with Crippen LogP contribution in [0.4, 0.5) is 0 Å². The van der Waals surface area contributed by atoms with E-state index in [4.69, 9.17) is 0 Å². The highest BCUT2D eigenvalue weighted by molar-refractivity contribution is 5.74. The van der Waals surface area contributed by atoms with Crippen LogP contribution >= 0.6 is 0 Å². The summed E-state index contributed by atoms with van der Waals surface area (Å²) < 4.78 is 0. The molecule has 0 aliphatic carbocycles. The van der Waals surface area contributed by atoms with Crippen molar-refractivity contribution >= 4 is 6.21 Å². The third-order valence-electron chi connectivity index (χ3n) is 4.08. The topological polar surface area (TPSA) is 15.6 Å². The molecule has 0 aromatic heterocycles. The van der Waals surface area contributed by atoms with Crippen LogP contribution in [0.2, 0.25) is 0 Å². The number of aryl methyl sites for hydroxylation is 1. The molecule has 0 spiro atoms. The van der Waals surface area contributed by atoms with Gasteiger partial charge in [-0.25, -0.2) is 0 Å². The quantitative estimate of drug-likeness (QED) is 0.775. The summed E-state index contributed by atoms with van der Waals surface area (Å²) in [6, 6.07) is 9.06. The summed E-state index contributed by atoms with van der Waals surface area (Å²) >= 11 is 0. The van der Waals surface area contributed by atoms with Gasteiger partial charge in [-0.3, -0.25) is 4.99 Å². The van der Waals surface area contributed by atoms with Crippen LogP contribution < -0.4 is 0 Å². The van der Waals surface area contributed by atoms with Crippen molar-refractivity contribution in [3.63, 3.8) is 0 Å². The monoisotopic (exact) mass is 240 g/mol. The molecule has 2 aliphatic rings. The smallest absolute Gasteiger partial charge is 0.0788 e. The summed E-state index contributed by atoms with van der Waals surface area (Å²) in [6.07, 6.45) is 6.62. The normalized spacial score (nSPS) is 20.3. The zero-order valence-electron chi connectivity index (χ0n) is 11.0. The summed E-state index contributed by atoms with van der Waals surface area (Å²) in [5, 5.41) is 0. The van der Waals surface area contributed by atoms with Gasteiger partial charge in [0.05, 0.1) is 6.54 Å². The number of rotatable bonds is 2. The molecule has 94 valence electrons. The molecule has 2 heterocycles. The Balaban J connectivity index is 1.61. The fourth-order valence-electron chi connectivity index (χ4n) is 2.88. The zero-order valence-corrected chi connectivity index (χ0v) is 11.0. The van der Waals surface area contributed by atoms with Crippen molar-refractivity contribution in [2.45, 2.75) is 25.7 Å². The third-order valence-corrected chi connectivity index (χ3v) is 4.08. The van der Waals surface area contributed by atoms with E-state index in [0.717, 1.165) is 12.5 Å². The van der Waals surface area contributed by atoms with Crippen LogP contribution in [0.5, 0.6) is 0 Å². The average Bonchev–Trinajstić information content (AvgIpc) is 2.94. The minimum atomic E-state index is 0.741. The van der Waals surface area contributed by atoms with Gasteiger partial charge in [-0.15, -0.1) is 0 Å². The van der Waals surface area contributed by atoms with Crippen molar-refractivity contribution in [1.29, 1.82) is 0 Å². The standard InChI is InChI=1S/C16H20N2/c1-13-2-4-14(5-3-13)15-7-10-18(11-8-15)16-6-9-17-12-16/h2-6,9,15H,7-8,10-12H2,1H3. The molecule has 18 heavy (non-hydrogen) atoms. The van der Waals surface area contributed by atoms with E-state index in [9.17, 15) is 0 Å². The van der Waals surface area contributed by atoms with Crippen LogP contribution in [0.1, 0.15) is 29.9 Å². The van der Waals surface area contributed by atoms with E-state index in [2.05, 4.69) is 47.2 Å². The molecule has 0 atom stereocenters. The summed E-state index contributed by atoms with van der Waals surface area (Å²) in [5.41, 5.74) is 4.26. The molecular weight excluding hydrogens is 220 g/mol. The summed E-state index contributed by atoms with van der Waals surface area (Å²) in [5.74, 6) is 0.741. The van der Waals surface area contributed by atoms with E-state index in [1.54, 1.807) is 0 Å². The van der Waals surface area contributed by atoms with E-state index >= 15 is 0 Å². The lowest BCUT2D eigenvalue weighted by molar-refractivity contribution is 0.262. The van der Waals surface area contributed by atoms with E-state index in [1.807, 2.05) is 6.21 Å². The predicted molar refractivity (Wildman–Crippen MR) is 76.2 cm³/mol. The van der Waals surface area contributed by atoms with Gasteiger partial charge in [-0.2, -0.15) is 0 Å². The van der Waals surface area contributed by atoms with Gasteiger partial charge >= 0.3 is 0 Å².